The van der Waals surface area contributed by atoms with Crippen LogP contribution in [0.2, 0.25) is 0 Å². The Morgan fingerprint density at radius 2 is 2.00 bits per heavy atom. The zero-order valence-corrected chi connectivity index (χ0v) is 11.6. The van der Waals surface area contributed by atoms with Gasteiger partial charge in [-0.2, -0.15) is 5.26 Å². The molecule has 102 valence electrons. The Kier molecular flexibility index (Phi) is 4.75. The van der Waals surface area contributed by atoms with Crippen LogP contribution in [-0.4, -0.2) is 17.6 Å². The van der Waals surface area contributed by atoms with E-state index in [1.807, 2.05) is 36.4 Å². The second-order valence-corrected chi connectivity index (χ2v) is 5.40. The van der Waals surface area contributed by atoms with Crippen molar-refractivity contribution in [1.29, 1.82) is 5.26 Å². The van der Waals surface area contributed by atoms with Crippen LogP contribution in [0.3, 0.4) is 0 Å². The molecule has 2 rings (SSSR count). The molecule has 1 N–H and O–H groups in total. The second-order valence-electron chi connectivity index (χ2n) is 4.24. The molecule has 0 fully saturated rings. The summed E-state index contributed by atoms with van der Waals surface area (Å²) in [5, 5.41) is 17.7. The first kappa shape index (κ1) is 14.1. The Balaban J connectivity index is 2.15. The number of carboxylic acids is 1. The lowest BCUT2D eigenvalue weighted by molar-refractivity contribution is 0.0702. The number of carbonyl (C=O) groups is 1. The number of rotatable bonds is 6. The Morgan fingerprint density at radius 3 is 2.60 bits per heavy atom. The summed E-state index contributed by atoms with van der Waals surface area (Å²) in [7, 11) is 0. The van der Waals surface area contributed by atoms with E-state index in [-0.39, 0.29) is 0 Å². The van der Waals surface area contributed by atoms with Gasteiger partial charge in [-0.05, 0) is 24.3 Å². The third-order valence-corrected chi connectivity index (χ3v) is 3.89. The Bertz CT molecular complexity index is 616. The zero-order chi connectivity index (χ0) is 14.4. The SMILES string of the molecule is N#CCCN(Cc1ccc(C(=O)O)s1)c1ccccc1. The molecule has 1 aromatic carbocycles. The molecule has 0 amide bonds. The van der Waals surface area contributed by atoms with Crippen LogP contribution in [0.5, 0.6) is 0 Å². The molecule has 2 aromatic rings. The Hall–Kier alpha value is -2.32. The smallest absolute Gasteiger partial charge is 0.345 e. The number of thiophene rings is 1. The van der Waals surface area contributed by atoms with E-state index in [0.29, 0.717) is 24.4 Å². The fourth-order valence-electron chi connectivity index (χ4n) is 1.89. The average Bonchev–Trinajstić information content (AvgIpc) is 2.93. The number of aromatic carboxylic acids is 1. The number of benzene rings is 1. The highest BCUT2D eigenvalue weighted by Gasteiger charge is 2.11. The van der Waals surface area contributed by atoms with Crippen LogP contribution in [0.25, 0.3) is 0 Å². The van der Waals surface area contributed by atoms with E-state index in [2.05, 4.69) is 11.0 Å². The van der Waals surface area contributed by atoms with Crippen molar-refractivity contribution in [3.8, 4) is 6.07 Å². The number of hydrogen-bond donors (Lipinski definition) is 1. The van der Waals surface area contributed by atoms with E-state index in [0.717, 1.165) is 10.6 Å². The highest BCUT2D eigenvalue weighted by Crippen LogP contribution is 2.22. The monoisotopic (exact) mass is 286 g/mol. The van der Waals surface area contributed by atoms with Gasteiger partial charge in [-0.25, -0.2) is 4.79 Å². The maximum atomic E-state index is 10.9. The standard InChI is InChI=1S/C15H14N2O2S/c16-9-4-10-17(12-5-2-1-3-6-12)11-13-7-8-14(20-13)15(18)19/h1-3,5-8H,4,10-11H2,(H,18,19). The summed E-state index contributed by atoms with van der Waals surface area (Å²) in [6.45, 7) is 1.24. The van der Waals surface area contributed by atoms with Crippen molar-refractivity contribution in [3.05, 3.63) is 52.2 Å². The first-order valence-electron chi connectivity index (χ1n) is 6.19. The van der Waals surface area contributed by atoms with Crippen molar-refractivity contribution >= 4 is 23.0 Å². The molecule has 0 atom stereocenters. The Labute approximate surface area is 121 Å². The molecule has 0 aliphatic carbocycles. The van der Waals surface area contributed by atoms with Crippen LogP contribution in [0.15, 0.2) is 42.5 Å². The minimum Gasteiger partial charge on any atom is -0.477 e. The number of nitrogens with zero attached hydrogens (tertiary/aromatic N) is 2. The van der Waals surface area contributed by atoms with E-state index < -0.39 is 5.97 Å². The van der Waals surface area contributed by atoms with Crippen molar-refractivity contribution in [3.63, 3.8) is 0 Å². The molecule has 1 aromatic heterocycles. The number of anilines is 1. The first-order chi connectivity index (χ1) is 9.70. The summed E-state index contributed by atoms with van der Waals surface area (Å²) >= 11 is 1.27. The minimum absolute atomic E-state index is 0.341. The number of para-hydroxylation sites is 1. The topological polar surface area (TPSA) is 64.3 Å². The van der Waals surface area contributed by atoms with E-state index in [4.69, 9.17) is 10.4 Å². The van der Waals surface area contributed by atoms with E-state index >= 15 is 0 Å². The molecule has 0 aliphatic heterocycles. The quantitative estimate of drug-likeness (QED) is 0.884. The molecule has 0 saturated heterocycles. The van der Waals surface area contributed by atoms with Crippen LogP contribution in [0.4, 0.5) is 5.69 Å². The van der Waals surface area contributed by atoms with Gasteiger partial charge in [0.25, 0.3) is 0 Å². The lowest BCUT2D eigenvalue weighted by Gasteiger charge is -2.23. The summed E-state index contributed by atoms with van der Waals surface area (Å²) in [4.78, 5) is 14.3. The van der Waals surface area contributed by atoms with E-state index in [1.54, 1.807) is 6.07 Å². The lowest BCUT2D eigenvalue weighted by atomic mass is 10.2. The van der Waals surface area contributed by atoms with Crippen LogP contribution in [0.1, 0.15) is 21.0 Å². The van der Waals surface area contributed by atoms with Gasteiger partial charge in [0.1, 0.15) is 4.88 Å². The molecule has 20 heavy (non-hydrogen) atoms. The van der Waals surface area contributed by atoms with Crippen molar-refractivity contribution in [2.24, 2.45) is 0 Å². The van der Waals surface area contributed by atoms with Gasteiger partial charge < -0.3 is 10.0 Å². The van der Waals surface area contributed by atoms with Crippen molar-refractivity contribution in [1.82, 2.24) is 0 Å². The maximum Gasteiger partial charge on any atom is 0.345 e. The predicted molar refractivity (Wildman–Crippen MR) is 79.0 cm³/mol. The minimum atomic E-state index is -0.899. The van der Waals surface area contributed by atoms with Gasteiger partial charge in [-0.3, -0.25) is 0 Å². The molecular weight excluding hydrogens is 272 g/mol. The summed E-state index contributed by atoms with van der Waals surface area (Å²) in [5.74, 6) is -0.899. The lowest BCUT2D eigenvalue weighted by Crippen LogP contribution is -2.23. The molecule has 4 nitrogen and oxygen atoms in total. The van der Waals surface area contributed by atoms with Crippen LogP contribution in [0, 0.1) is 11.3 Å². The second kappa shape index (κ2) is 6.73. The summed E-state index contributed by atoms with van der Waals surface area (Å²) in [5.41, 5.74) is 1.04. The maximum absolute atomic E-state index is 10.9. The van der Waals surface area contributed by atoms with Gasteiger partial charge in [0.2, 0.25) is 0 Å². The van der Waals surface area contributed by atoms with Crippen molar-refractivity contribution in [2.75, 3.05) is 11.4 Å². The van der Waals surface area contributed by atoms with Crippen molar-refractivity contribution < 1.29 is 9.90 Å². The number of hydrogen-bond acceptors (Lipinski definition) is 4. The third-order valence-electron chi connectivity index (χ3n) is 2.83. The van der Waals surface area contributed by atoms with Crippen LogP contribution >= 0.6 is 11.3 Å². The molecule has 0 unspecified atom stereocenters. The van der Waals surface area contributed by atoms with Crippen molar-refractivity contribution in [2.45, 2.75) is 13.0 Å². The molecule has 0 radical (unpaired) electrons. The largest absolute Gasteiger partial charge is 0.477 e. The number of nitriles is 1. The van der Waals surface area contributed by atoms with E-state index in [9.17, 15) is 4.79 Å². The average molecular weight is 286 g/mol. The molecule has 0 spiro atoms. The zero-order valence-electron chi connectivity index (χ0n) is 10.8. The van der Waals surface area contributed by atoms with Gasteiger partial charge in [0.05, 0.1) is 19.0 Å². The third kappa shape index (κ3) is 3.59. The highest BCUT2D eigenvalue weighted by atomic mass is 32.1. The summed E-state index contributed by atoms with van der Waals surface area (Å²) in [6, 6.07) is 15.4. The van der Waals surface area contributed by atoms with Crippen LogP contribution < -0.4 is 4.90 Å². The summed E-state index contributed by atoms with van der Waals surface area (Å²) < 4.78 is 0. The molecular formula is C15H14N2O2S. The van der Waals surface area contributed by atoms with Gasteiger partial charge in [0.15, 0.2) is 0 Å². The normalized spacial score (nSPS) is 9.95. The molecule has 5 heteroatoms. The molecule has 0 bridgehead atoms. The molecule has 0 saturated carbocycles. The van der Waals surface area contributed by atoms with E-state index in [1.165, 1.54) is 11.3 Å². The summed E-state index contributed by atoms with van der Waals surface area (Å²) in [6.07, 6.45) is 0.437. The molecule has 1 heterocycles. The Morgan fingerprint density at radius 1 is 1.25 bits per heavy atom. The van der Waals surface area contributed by atoms with Gasteiger partial charge >= 0.3 is 5.97 Å². The highest BCUT2D eigenvalue weighted by molar-refractivity contribution is 7.13. The van der Waals surface area contributed by atoms with Gasteiger partial charge in [-0.1, -0.05) is 18.2 Å². The van der Waals surface area contributed by atoms with Gasteiger partial charge in [-0.15, -0.1) is 11.3 Å². The fraction of sp³-hybridized carbons (Fsp3) is 0.200. The number of carboxylic acid groups (broad SMARTS) is 1. The predicted octanol–water partition coefficient (Wildman–Crippen LogP) is 3.37. The fourth-order valence-corrected chi connectivity index (χ4v) is 2.75. The first-order valence-corrected chi connectivity index (χ1v) is 7.01. The van der Waals surface area contributed by atoms with Gasteiger partial charge in [0, 0.05) is 17.1 Å². The van der Waals surface area contributed by atoms with Crippen LogP contribution in [-0.2, 0) is 6.54 Å². The molecule has 0 aliphatic rings.